The molecule has 3 aromatic carbocycles. The zero-order chi connectivity index (χ0) is 33.1. The molecule has 0 saturated carbocycles. The summed E-state index contributed by atoms with van der Waals surface area (Å²) in [5, 5.41) is 4.58. The van der Waals surface area contributed by atoms with E-state index in [-0.39, 0.29) is 45.3 Å². The second-order valence-corrected chi connectivity index (χ2v) is 13.2. The van der Waals surface area contributed by atoms with Crippen LogP contribution in [0.15, 0.2) is 59.5 Å². The summed E-state index contributed by atoms with van der Waals surface area (Å²) in [6.45, 7) is 3.28. The van der Waals surface area contributed by atoms with Gasteiger partial charge >= 0.3 is 6.09 Å². The van der Waals surface area contributed by atoms with Crippen molar-refractivity contribution in [2.24, 2.45) is 5.73 Å². The first kappa shape index (κ1) is 33.2. The van der Waals surface area contributed by atoms with E-state index in [1.54, 1.807) is 0 Å². The summed E-state index contributed by atoms with van der Waals surface area (Å²) < 4.78 is 66.1. The van der Waals surface area contributed by atoms with Crippen molar-refractivity contribution in [2.45, 2.75) is 48.9 Å². The Kier molecular flexibility index (Phi) is 9.96. The Morgan fingerprint density at radius 1 is 1.00 bits per heavy atom. The molecule has 0 radical (unpaired) electrons. The van der Waals surface area contributed by atoms with Gasteiger partial charge in [0.25, 0.3) is 0 Å². The van der Waals surface area contributed by atoms with Crippen molar-refractivity contribution in [2.75, 3.05) is 31.4 Å². The fourth-order valence-electron chi connectivity index (χ4n) is 5.18. The van der Waals surface area contributed by atoms with E-state index in [4.69, 9.17) is 10.5 Å². The number of sulfone groups is 1. The number of nitrogens with zero attached hydrogens (tertiary/aromatic N) is 1. The maximum Gasteiger partial charge on any atom is 0.411 e. The van der Waals surface area contributed by atoms with E-state index in [9.17, 15) is 27.2 Å². The molecule has 0 aromatic heterocycles. The molecule has 1 heterocycles. The van der Waals surface area contributed by atoms with Crippen molar-refractivity contribution in [3.05, 3.63) is 82.9 Å². The number of methoxy groups -OCH3 is 2. The molecule has 0 bridgehead atoms. The van der Waals surface area contributed by atoms with Crippen LogP contribution < -0.4 is 21.1 Å². The second kappa shape index (κ2) is 13.5. The lowest BCUT2D eigenvalue weighted by atomic mass is 10.0. The Morgan fingerprint density at radius 3 is 2.36 bits per heavy atom. The molecule has 2 atom stereocenters. The summed E-state index contributed by atoms with van der Waals surface area (Å²) in [4.78, 5) is 39.6. The van der Waals surface area contributed by atoms with Gasteiger partial charge in [0.1, 0.15) is 11.9 Å². The number of ether oxygens (including phenoxy) is 2. The van der Waals surface area contributed by atoms with Gasteiger partial charge < -0.3 is 25.4 Å². The Labute approximate surface area is 259 Å². The van der Waals surface area contributed by atoms with Gasteiger partial charge in [-0.15, -0.1) is 0 Å². The number of anilines is 2. The largest absolute Gasteiger partial charge is 0.494 e. The van der Waals surface area contributed by atoms with Gasteiger partial charge in [0.05, 0.1) is 36.1 Å². The summed E-state index contributed by atoms with van der Waals surface area (Å²) in [5.74, 6) is -3.04. The molecule has 11 nitrogen and oxygen atoms in total. The summed E-state index contributed by atoms with van der Waals surface area (Å²) in [7, 11) is -1.41. The monoisotopic (exact) mass is 644 g/mol. The van der Waals surface area contributed by atoms with E-state index >= 15 is 4.39 Å². The maximum atomic E-state index is 15.0. The van der Waals surface area contributed by atoms with E-state index in [1.807, 2.05) is 0 Å². The third-order valence-corrected chi connectivity index (χ3v) is 9.80. The lowest BCUT2D eigenvalue weighted by Gasteiger charge is -2.32. The van der Waals surface area contributed by atoms with Crippen molar-refractivity contribution >= 4 is 39.1 Å². The highest BCUT2D eigenvalue weighted by molar-refractivity contribution is 7.92. The molecule has 3 amide bonds. The molecule has 1 aliphatic rings. The Hall–Kier alpha value is -4.72. The van der Waals surface area contributed by atoms with Crippen LogP contribution in [0.2, 0.25) is 0 Å². The zero-order valence-corrected chi connectivity index (χ0v) is 25.9. The van der Waals surface area contributed by atoms with E-state index in [0.29, 0.717) is 12.8 Å². The first-order valence-electron chi connectivity index (χ1n) is 14.0. The number of hydrogen-bond acceptors (Lipinski definition) is 8. The number of amides is 3. The molecule has 1 fully saturated rings. The third-order valence-electron chi connectivity index (χ3n) is 7.57. The molecule has 45 heavy (non-hydrogen) atoms. The predicted octanol–water partition coefficient (Wildman–Crippen LogP) is 4.95. The average Bonchev–Trinajstić information content (AvgIpc) is 3.50. The minimum atomic E-state index is -3.85. The molecular weight excluding hydrogens is 610 g/mol. The molecule has 240 valence electrons. The second-order valence-electron chi connectivity index (χ2n) is 10.7. The van der Waals surface area contributed by atoms with Gasteiger partial charge in [-0.1, -0.05) is 6.07 Å². The lowest BCUT2D eigenvalue weighted by molar-refractivity contribution is -0.133. The van der Waals surface area contributed by atoms with E-state index in [1.165, 1.54) is 69.4 Å². The van der Waals surface area contributed by atoms with Crippen molar-refractivity contribution in [1.29, 1.82) is 0 Å². The van der Waals surface area contributed by atoms with Crippen LogP contribution in [0.3, 0.4) is 0 Å². The van der Waals surface area contributed by atoms with Gasteiger partial charge in [0.15, 0.2) is 21.4 Å². The number of rotatable bonds is 10. The molecule has 14 heteroatoms. The quantitative estimate of drug-likeness (QED) is 0.280. The van der Waals surface area contributed by atoms with Crippen LogP contribution in [0, 0.1) is 11.6 Å². The Bertz CT molecular complexity index is 1730. The van der Waals surface area contributed by atoms with Crippen LogP contribution >= 0.6 is 0 Å². The van der Waals surface area contributed by atoms with Crippen LogP contribution in [0.5, 0.6) is 5.75 Å². The van der Waals surface area contributed by atoms with Gasteiger partial charge in [0, 0.05) is 17.8 Å². The molecule has 0 aliphatic carbocycles. The first-order chi connectivity index (χ1) is 21.3. The standard InChI is InChI=1S/C31H34F2N4O7S/c1-17(2)45(41,42)27-12-9-20(35-31(40)44-4)16-21(27)25-6-5-13-37(25)30(39)28(18-7-11-23(33)26(15-18)43-3)36-24-14-19(29(34)38)8-10-22(24)32/h7-12,14-17,25,28,36H,5-6,13H2,1-4H3,(H2,34,38)(H,35,40)/t25-,28-/m1/s1. The minimum Gasteiger partial charge on any atom is -0.494 e. The Balaban J connectivity index is 1.84. The molecule has 1 aliphatic heterocycles. The minimum absolute atomic E-state index is 0.00854. The van der Waals surface area contributed by atoms with Crippen LogP contribution in [-0.2, 0) is 19.4 Å². The summed E-state index contributed by atoms with van der Waals surface area (Å²) in [5.41, 5.74) is 5.90. The SMILES string of the molecule is COC(=O)Nc1ccc(S(=O)(=O)C(C)C)c([C@H]2CCCN2C(=O)[C@H](Nc2cc(C(N)=O)ccc2F)c2ccc(F)c(OC)c2)c1. The maximum absolute atomic E-state index is 15.0. The fourth-order valence-corrected chi connectivity index (χ4v) is 6.47. The summed E-state index contributed by atoms with van der Waals surface area (Å²) >= 11 is 0. The van der Waals surface area contributed by atoms with Gasteiger partial charge in [-0.3, -0.25) is 14.9 Å². The van der Waals surface area contributed by atoms with Gasteiger partial charge in [-0.25, -0.2) is 22.0 Å². The number of carbonyl (C=O) groups is 3. The van der Waals surface area contributed by atoms with E-state index < -0.39 is 56.7 Å². The number of hydrogen-bond donors (Lipinski definition) is 3. The van der Waals surface area contributed by atoms with Crippen LogP contribution in [-0.4, -0.2) is 57.2 Å². The number of primary amides is 1. The van der Waals surface area contributed by atoms with Crippen LogP contribution in [0.1, 0.15) is 60.3 Å². The predicted molar refractivity (Wildman–Crippen MR) is 163 cm³/mol. The van der Waals surface area contributed by atoms with Gasteiger partial charge in [-0.05, 0) is 86.3 Å². The van der Waals surface area contributed by atoms with Gasteiger partial charge in [-0.2, -0.15) is 0 Å². The van der Waals surface area contributed by atoms with Crippen molar-refractivity contribution in [1.82, 2.24) is 4.90 Å². The summed E-state index contributed by atoms with van der Waals surface area (Å²) in [6, 6.07) is 9.31. The normalized spacial score (nSPS) is 15.4. The first-order valence-corrected chi connectivity index (χ1v) is 15.6. The van der Waals surface area contributed by atoms with E-state index in [2.05, 4.69) is 15.4 Å². The molecule has 1 saturated heterocycles. The Morgan fingerprint density at radius 2 is 1.71 bits per heavy atom. The van der Waals surface area contributed by atoms with Crippen molar-refractivity contribution in [3.63, 3.8) is 0 Å². The van der Waals surface area contributed by atoms with Crippen LogP contribution in [0.25, 0.3) is 0 Å². The van der Waals surface area contributed by atoms with Crippen molar-refractivity contribution < 1.29 is 41.1 Å². The summed E-state index contributed by atoms with van der Waals surface area (Å²) in [6.07, 6.45) is 0.102. The topological polar surface area (TPSA) is 157 Å². The highest BCUT2D eigenvalue weighted by Gasteiger charge is 2.38. The molecule has 4 N–H and O–H groups in total. The highest BCUT2D eigenvalue weighted by Crippen LogP contribution is 2.40. The average molecular weight is 645 g/mol. The fraction of sp³-hybridized carbons (Fsp3) is 0.323. The number of likely N-dealkylation sites (tertiary alicyclic amines) is 1. The number of benzene rings is 3. The molecule has 4 rings (SSSR count). The highest BCUT2D eigenvalue weighted by atomic mass is 32.2. The molecule has 3 aromatic rings. The number of carbonyl (C=O) groups excluding carboxylic acids is 3. The number of halogens is 2. The smallest absolute Gasteiger partial charge is 0.411 e. The van der Waals surface area contributed by atoms with E-state index in [0.717, 1.165) is 18.2 Å². The van der Waals surface area contributed by atoms with Crippen LogP contribution in [0.4, 0.5) is 25.0 Å². The number of nitrogens with one attached hydrogen (secondary N) is 2. The lowest BCUT2D eigenvalue weighted by Crippen LogP contribution is -2.38. The zero-order valence-electron chi connectivity index (χ0n) is 25.1. The third kappa shape index (κ3) is 7.00. The number of nitrogens with two attached hydrogens (primary N) is 1. The molecule has 0 spiro atoms. The molecule has 0 unspecified atom stereocenters. The van der Waals surface area contributed by atoms with Gasteiger partial charge in [0.2, 0.25) is 11.8 Å². The van der Waals surface area contributed by atoms with Crippen molar-refractivity contribution in [3.8, 4) is 5.75 Å². The molecular formula is C31H34F2N4O7S.